The van der Waals surface area contributed by atoms with Crippen LogP contribution in [0, 0.1) is 13.8 Å². The van der Waals surface area contributed by atoms with E-state index >= 15 is 0 Å². The molecule has 28 heavy (non-hydrogen) atoms. The lowest BCUT2D eigenvalue weighted by atomic mass is 10.2. The van der Waals surface area contributed by atoms with Crippen LogP contribution in [0.4, 0.5) is 5.69 Å². The molecule has 1 fully saturated rings. The number of nitrogens with zero attached hydrogens (tertiary/aromatic N) is 6. The Balaban J connectivity index is 1.52. The molecule has 1 aliphatic carbocycles. The zero-order chi connectivity index (χ0) is 19.3. The minimum atomic E-state index is 0.366. The number of aliphatic imine (C=N–C) groups is 1. The minimum Gasteiger partial charge on any atom is -0.382 e. The van der Waals surface area contributed by atoms with Crippen LogP contribution in [0.1, 0.15) is 41.6 Å². The number of hydrogen-bond donors (Lipinski definition) is 1. The highest BCUT2D eigenvalue weighted by Gasteiger charge is 2.29. The second kappa shape index (κ2) is 6.26. The van der Waals surface area contributed by atoms with Crippen molar-refractivity contribution in [3.8, 4) is 11.4 Å². The molecule has 4 heterocycles. The van der Waals surface area contributed by atoms with Gasteiger partial charge >= 0.3 is 0 Å². The van der Waals surface area contributed by atoms with Gasteiger partial charge in [0.05, 0.1) is 17.6 Å². The molecular formula is C20H19N7O. The van der Waals surface area contributed by atoms with Crippen LogP contribution in [0.5, 0.6) is 0 Å². The van der Waals surface area contributed by atoms with Gasteiger partial charge in [-0.05, 0) is 50.5 Å². The van der Waals surface area contributed by atoms with E-state index in [-0.39, 0.29) is 0 Å². The van der Waals surface area contributed by atoms with Gasteiger partial charge in [0.2, 0.25) is 11.7 Å². The highest BCUT2D eigenvalue weighted by molar-refractivity contribution is 5.98. The SMILES string of the molecule is Cc1ccn2c(C(N)=Nc3cc(-c4noc(C5CC5)n4)cnc3C)cnc2c1. The lowest BCUT2D eigenvalue weighted by Gasteiger charge is -2.05. The third kappa shape index (κ3) is 2.92. The fourth-order valence-corrected chi connectivity index (χ4v) is 3.06. The molecule has 8 nitrogen and oxygen atoms in total. The van der Waals surface area contributed by atoms with Crippen molar-refractivity contribution in [3.05, 3.63) is 59.6 Å². The van der Waals surface area contributed by atoms with E-state index in [1.165, 1.54) is 0 Å². The monoisotopic (exact) mass is 373 g/mol. The van der Waals surface area contributed by atoms with Gasteiger partial charge < -0.3 is 10.3 Å². The number of pyridine rings is 2. The molecule has 0 saturated heterocycles. The van der Waals surface area contributed by atoms with Crippen molar-refractivity contribution in [2.45, 2.75) is 32.6 Å². The van der Waals surface area contributed by atoms with Gasteiger partial charge in [0.1, 0.15) is 17.2 Å². The number of imidazole rings is 1. The fourth-order valence-electron chi connectivity index (χ4n) is 3.06. The molecule has 0 unspecified atom stereocenters. The molecular weight excluding hydrogens is 354 g/mol. The predicted octanol–water partition coefficient (Wildman–Crippen LogP) is 3.31. The van der Waals surface area contributed by atoms with Gasteiger partial charge in [0, 0.05) is 23.9 Å². The fraction of sp³-hybridized carbons (Fsp3) is 0.250. The first kappa shape index (κ1) is 16.6. The quantitative estimate of drug-likeness (QED) is 0.434. The third-order valence-electron chi connectivity index (χ3n) is 4.86. The Labute approximate surface area is 161 Å². The van der Waals surface area contributed by atoms with Crippen LogP contribution in [0.2, 0.25) is 0 Å². The number of rotatable bonds is 4. The van der Waals surface area contributed by atoms with E-state index in [1.807, 2.05) is 42.6 Å². The van der Waals surface area contributed by atoms with Crippen LogP contribution in [0.3, 0.4) is 0 Å². The Kier molecular flexibility index (Phi) is 3.71. The molecule has 0 bridgehead atoms. The summed E-state index contributed by atoms with van der Waals surface area (Å²) < 4.78 is 7.27. The van der Waals surface area contributed by atoms with E-state index in [4.69, 9.17) is 10.3 Å². The van der Waals surface area contributed by atoms with Crippen molar-refractivity contribution in [3.63, 3.8) is 0 Å². The molecule has 1 saturated carbocycles. The number of amidine groups is 1. The van der Waals surface area contributed by atoms with Gasteiger partial charge in [0.15, 0.2) is 0 Å². The van der Waals surface area contributed by atoms with E-state index in [0.29, 0.717) is 29.2 Å². The van der Waals surface area contributed by atoms with Crippen molar-refractivity contribution in [1.29, 1.82) is 0 Å². The molecule has 140 valence electrons. The van der Waals surface area contributed by atoms with Crippen LogP contribution in [-0.4, -0.2) is 30.3 Å². The van der Waals surface area contributed by atoms with Gasteiger partial charge in [-0.1, -0.05) is 5.16 Å². The third-order valence-corrected chi connectivity index (χ3v) is 4.86. The average molecular weight is 373 g/mol. The van der Waals surface area contributed by atoms with Crippen LogP contribution in [0.15, 0.2) is 46.3 Å². The average Bonchev–Trinajstić information content (AvgIpc) is 3.26. The van der Waals surface area contributed by atoms with E-state index in [9.17, 15) is 0 Å². The number of aromatic nitrogens is 5. The summed E-state index contributed by atoms with van der Waals surface area (Å²) in [6, 6.07) is 5.88. The van der Waals surface area contributed by atoms with E-state index in [1.54, 1.807) is 12.4 Å². The maximum atomic E-state index is 6.30. The molecule has 0 atom stereocenters. The summed E-state index contributed by atoms with van der Waals surface area (Å²) >= 11 is 0. The van der Waals surface area contributed by atoms with Crippen molar-refractivity contribution in [2.24, 2.45) is 10.7 Å². The number of aryl methyl sites for hydroxylation is 2. The van der Waals surface area contributed by atoms with Crippen LogP contribution in [-0.2, 0) is 0 Å². The maximum Gasteiger partial charge on any atom is 0.230 e. The highest BCUT2D eigenvalue weighted by Crippen LogP contribution is 2.39. The van der Waals surface area contributed by atoms with E-state index in [0.717, 1.165) is 41.0 Å². The molecule has 0 radical (unpaired) electrons. The highest BCUT2D eigenvalue weighted by atomic mass is 16.5. The molecule has 2 N–H and O–H groups in total. The molecule has 0 aliphatic heterocycles. The Morgan fingerprint density at radius 3 is 2.89 bits per heavy atom. The molecule has 8 heteroatoms. The van der Waals surface area contributed by atoms with Gasteiger partial charge in [-0.3, -0.25) is 9.38 Å². The summed E-state index contributed by atoms with van der Waals surface area (Å²) in [7, 11) is 0. The zero-order valence-corrected chi connectivity index (χ0v) is 15.6. The molecule has 0 amide bonds. The first-order valence-electron chi connectivity index (χ1n) is 9.17. The smallest absolute Gasteiger partial charge is 0.230 e. The van der Waals surface area contributed by atoms with Gasteiger partial charge in [-0.15, -0.1) is 0 Å². The van der Waals surface area contributed by atoms with Gasteiger partial charge in [-0.2, -0.15) is 4.98 Å². The summed E-state index contributed by atoms with van der Waals surface area (Å²) in [5, 5.41) is 4.08. The topological polar surface area (TPSA) is 107 Å². The second-order valence-corrected chi connectivity index (χ2v) is 7.13. The summed E-state index contributed by atoms with van der Waals surface area (Å²) in [4.78, 5) is 17.9. The zero-order valence-electron chi connectivity index (χ0n) is 15.6. The summed E-state index contributed by atoms with van der Waals surface area (Å²) in [6.07, 6.45) is 7.61. The Morgan fingerprint density at radius 2 is 2.07 bits per heavy atom. The van der Waals surface area contributed by atoms with Crippen molar-refractivity contribution in [2.75, 3.05) is 0 Å². The maximum absolute atomic E-state index is 6.30. The van der Waals surface area contributed by atoms with Crippen LogP contribution in [0.25, 0.3) is 17.0 Å². The van der Waals surface area contributed by atoms with Crippen LogP contribution < -0.4 is 5.73 Å². The number of hydrogen-bond acceptors (Lipinski definition) is 6. The van der Waals surface area contributed by atoms with Crippen LogP contribution >= 0.6 is 0 Å². The van der Waals surface area contributed by atoms with Gasteiger partial charge in [0.25, 0.3) is 0 Å². The van der Waals surface area contributed by atoms with Crippen molar-refractivity contribution >= 4 is 17.2 Å². The lowest BCUT2D eigenvalue weighted by molar-refractivity contribution is 0.380. The van der Waals surface area contributed by atoms with Crippen molar-refractivity contribution in [1.82, 2.24) is 24.5 Å². The first-order valence-corrected chi connectivity index (χ1v) is 9.17. The summed E-state index contributed by atoms with van der Waals surface area (Å²) in [5.41, 5.74) is 11.2. The lowest BCUT2D eigenvalue weighted by Crippen LogP contribution is -2.15. The molecule has 1 aliphatic rings. The molecule has 4 aromatic heterocycles. The van der Waals surface area contributed by atoms with E-state index < -0.39 is 0 Å². The Morgan fingerprint density at radius 1 is 1.21 bits per heavy atom. The predicted molar refractivity (Wildman–Crippen MR) is 105 cm³/mol. The Hall–Kier alpha value is -3.55. The minimum absolute atomic E-state index is 0.366. The number of nitrogens with two attached hydrogens (primary N) is 1. The van der Waals surface area contributed by atoms with E-state index in [2.05, 4.69) is 25.1 Å². The Bertz CT molecular complexity index is 1220. The largest absolute Gasteiger partial charge is 0.382 e. The van der Waals surface area contributed by atoms with Crippen molar-refractivity contribution < 1.29 is 4.52 Å². The summed E-state index contributed by atoms with van der Waals surface area (Å²) in [5.74, 6) is 1.99. The summed E-state index contributed by atoms with van der Waals surface area (Å²) in [6.45, 7) is 3.92. The molecule has 0 spiro atoms. The number of fused-ring (bicyclic) bond motifs is 1. The first-order chi connectivity index (χ1) is 13.6. The second-order valence-electron chi connectivity index (χ2n) is 7.13. The molecule has 4 aromatic rings. The normalized spacial score (nSPS) is 14.7. The molecule has 0 aromatic carbocycles. The standard InChI is InChI=1S/C20H19N7O/c1-11-5-6-27-16(10-23-17(27)7-11)18(21)24-15-8-14(9-22-12(15)2)19-25-20(28-26-19)13-3-4-13/h5-10,13H,3-4H2,1-2H3,(H2,21,24). The van der Waals surface area contributed by atoms with Gasteiger partial charge in [-0.25, -0.2) is 9.98 Å². The molecule has 5 rings (SSSR count).